The van der Waals surface area contributed by atoms with Crippen molar-refractivity contribution in [2.24, 2.45) is 7.05 Å². The smallest absolute Gasteiger partial charge is 0.297 e. The first-order valence-corrected chi connectivity index (χ1v) is 7.83. The van der Waals surface area contributed by atoms with Gasteiger partial charge in [0.25, 0.3) is 0 Å². The summed E-state index contributed by atoms with van der Waals surface area (Å²) in [5, 5.41) is 7.06. The minimum Gasteiger partial charge on any atom is -0.297 e. The van der Waals surface area contributed by atoms with Crippen LogP contribution in [0.5, 0.6) is 0 Å². The van der Waals surface area contributed by atoms with E-state index in [9.17, 15) is 13.6 Å². The lowest BCUT2D eigenvalue weighted by Gasteiger charge is -2.12. The summed E-state index contributed by atoms with van der Waals surface area (Å²) >= 11 is 0. The van der Waals surface area contributed by atoms with Crippen LogP contribution in [0, 0.1) is 18.6 Å². The summed E-state index contributed by atoms with van der Waals surface area (Å²) in [5.74, 6) is -1.46. The predicted octanol–water partition coefficient (Wildman–Crippen LogP) is 3.82. The summed E-state index contributed by atoms with van der Waals surface area (Å²) in [5.41, 5.74) is 7.60. The Morgan fingerprint density at radius 1 is 1.08 bits per heavy atom. The minimum atomic E-state index is -1.01. The van der Waals surface area contributed by atoms with Gasteiger partial charge in [-0.25, -0.2) is 13.6 Å². The highest BCUT2D eigenvalue weighted by Crippen LogP contribution is 2.30. The second-order valence-corrected chi connectivity index (χ2v) is 5.63. The zero-order valence-corrected chi connectivity index (χ0v) is 14.2. The fourth-order valence-electron chi connectivity index (χ4n) is 2.59. The Labute approximate surface area is 148 Å². The molecule has 2 aromatic carbocycles. The van der Waals surface area contributed by atoms with E-state index in [0.29, 0.717) is 5.82 Å². The van der Waals surface area contributed by atoms with Crippen molar-refractivity contribution in [1.29, 1.82) is 0 Å². The van der Waals surface area contributed by atoms with Crippen molar-refractivity contribution in [2.45, 2.75) is 6.92 Å². The largest absolute Gasteiger partial charge is 0.339 e. The molecule has 0 radical (unpaired) electrons. The number of rotatable bonds is 4. The summed E-state index contributed by atoms with van der Waals surface area (Å²) < 4.78 is 27.7. The van der Waals surface area contributed by atoms with Gasteiger partial charge in [0.05, 0.1) is 11.4 Å². The zero-order valence-electron chi connectivity index (χ0n) is 14.2. The van der Waals surface area contributed by atoms with Gasteiger partial charge in [-0.1, -0.05) is 30.3 Å². The van der Waals surface area contributed by atoms with Crippen molar-refractivity contribution in [2.75, 3.05) is 10.7 Å². The predicted molar refractivity (Wildman–Crippen MR) is 95.5 cm³/mol. The highest BCUT2D eigenvalue weighted by Gasteiger charge is 2.17. The molecule has 0 atom stereocenters. The quantitative estimate of drug-likeness (QED) is 0.622. The second-order valence-electron chi connectivity index (χ2n) is 5.63. The number of nitrogens with zero attached hydrogens (tertiary/aromatic N) is 2. The maximum Gasteiger partial charge on any atom is 0.339 e. The van der Waals surface area contributed by atoms with Gasteiger partial charge in [-0.05, 0) is 24.6 Å². The number of urea groups is 1. The van der Waals surface area contributed by atoms with Crippen LogP contribution < -0.4 is 16.2 Å². The number of nitrogens with one attached hydrogen (secondary N) is 3. The summed E-state index contributed by atoms with van der Waals surface area (Å²) in [4.78, 5) is 12.2. The molecule has 0 aliphatic carbocycles. The molecule has 3 rings (SSSR count). The van der Waals surface area contributed by atoms with Gasteiger partial charge in [-0.15, -0.1) is 0 Å². The van der Waals surface area contributed by atoms with Gasteiger partial charge in [0.2, 0.25) is 0 Å². The van der Waals surface area contributed by atoms with Crippen molar-refractivity contribution >= 4 is 17.5 Å². The van der Waals surface area contributed by atoms with Gasteiger partial charge in [0.1, 0.15) is 5.82 Å². The lowest BCUT2D eigenvalue weighted by atomic mass is 10.1. The van der Waals surface area contributed by atoms with Crippen LogP contribution in [0.2, 0.25) is 0 Å². The van der Waals surface area contributed by atoms with E-state index in [2.05, 4.69) is 21.3 Å². The summed E-state index contributed by atoms with van der Waals surface area (Å²) in [7, 11) is 1.72. The fraction of sp³-hybridized carbons (Fsp3) is 0.111. The van der Waals surface area contributed by atoms with E-state index in [1.54, 1.807) is 11.7 Å². The average Bonchev–Trinajstić information content (AvgIpc) is 2.90. The molecule has 0 unspecified atom stereocenters. The molecule has 0 saturated carbocycles. The highest BCUT2D eigenvalue weighted by molar-refractivity contribution is 5.94. The van der Waals surface area contributed by atoms with Crippen molar-refractivity contribution in [3.63, 3.8) is 0 Å². The Hall–Kier alpha value is -3.42. The third-order valence-electron chi connectivity index (χ3n) is 3.76. The van der Waals surface area contributed by atoms with Crippen LogP contribution >= 0.6 is 0 Å². The molecule has 0 bridgehead atoms. The number of carbonyl (C=O) groups excluding carboxylic acids is 1. The van der Waals surface area contributed by atoms with E-state index in [1.165, 1.54) is 6.07 Å². The number of halogens is 2. The van der Waals surface area contributed by atoms with Gasteiger partial charge in [-0.2, -0.15) is 5.10 Å². The van der Waals surface area contributed by atoms with Crippen LogP contribution in [-0.4, -0.2) is 15.8 Å². The van der Waals surface area contributed by atoms with Crippen LogP contribution in [0.3, 0.4) is 0 Å². The third kappa shape index (κ3) is 3.64. The summed E-state index contributed by atoms with van der Waals surface area (Å²) in [6.45, 7) is 1.85. The molecule has 1 heterocycles. The molecule has 8 heteroatoms. The average molecular weight is 357 g/mol. The molecule has 0 fully saturated rings. The molecule has 134 valence electrons. The molecular formula is C18H17F2N5O. The second kappa shape index (κ2) is 7.22. The lowest BCUT2D eigenvalue weighted by molar-refractivity contribution is 0.253. The number of hydrogen-bond acceptors (Lipinski definition) is 3. The van der Waals surface area contributed by atoms with E-state index >= 15 is 0 Å². The van der Waals surface area contributed by atoms with E-state index in [1.807, 2.05) is 37.3 Å². The standard InChI is InChI=1S/C18H17F2N5O/c1-11-16(12-6-4-3-5-7-12)17(25(2)24-11)21-18(26)23-22-13-8-9-14(19)15(20)10-13/h3-10,22H,1-2H3,(H2,21,23,26). The first-order chi connectivity index (χ1) is 12.5. The molecular weight excluding hydrogens is 340 g/mol. The molecule has 2 amide bonds. The number of amides is 2. The number of hydrazine groups is 1. The molecule has 3 aromatic rings. The normalized spacial score (nSPS) is 10.5. The van der Waals surface area contributed by atoms with Gasteiger partial charge in [0, 0.05) is 18.7 Å². The maximum absolute atomic E-state index is 13.2. The van der Waals surface area contributed by atoms with Crippen LogP contribution in [0.25, 0.3) is 11.1 Å². The van der Waals surface area contributed by atoms with Gasteiger partial charge < -0.3 is 0 Å². The first-order valence-electron chi connectivity index (χ1n) is 7.83. The Balaban J connectivity index is 1.74. The highest BCUT2D eigenvalue weighted by atomic mass is 19.2. The maximum atomic E-state index is 13.2. The summed E-state index contributed by atoms with van der Waals surface area (Å²) in [6.07, 6.45) is 0. The fourth-order valence-corrected chi connectivity index (χ4v) is 2.59. The van der Waals surface area contributed by atoms with Gasteiger partial charge >= 0.3 is 6.03 Å². The van der Waals surface area contributed by atoms with E-state index < -0.39 is 17.7 Å². The number of benzene rings is 2. The number of hydrogen-bond donors (Lipinski definition) is 3. The molecule has 0 saturated heterocycles. The lowest BCUT2D eigenvalue weighted by Crippen LogP contribution is -2.34. The Morgan fingerprint density at radius 3 is 2.50 bits per heavy atom. The van der Waals surface area contributed by atoms with Crippen LogP contribution in [0.4, 0.5) is 25.1 Å². The van der Waals surface area contributed by atoms with Crippen molar-refractivity contribution in [1.82, 2.24) is 15.2 Å². The van der Waals surface area contributed by atoms with Crippen LogP contribution in [0.1, 0.15) is 5.69 Å². The summed E-state index contributed by atoms with van der Waals surface area (Å²) in [6, 6.07) is 12.2. The van der Waals surface area contributed by atoms with Crippen molar-refractivity contribution < 1.29 is 13.6 Å². The number of carbonyl (C=O) groups is 1. The van der Waals surface area contributed by atoms with Crippen LogP contribution in [-0.2, 0) is 7.05 Å². The monoisotopic (exact) mass is 357 g/mol. The Morgan fingerprint density at radius 2 is 1.81 bits per heavy atom. The van der Waals surface area contributed by atoms with Crippen molar-refractivity contribution in [3.8, 4) is 11.1 Å². The van der Waals surface area contributed by atoms with E-state index in [-0.39, 0.29) is 5.69 Å². The molecule has 0 aliphatic heterocycles. The molecule has 0 aliphatic rings. The molecule has 0 spiro atoms. The first kappa shape index (κ1) is 17.4. The van der Waals surface area contributed by atoms with Crippen LogP contribution in [0.15, 0.2) is 48.5 Å². The molecule has 6 nitrogen and oxygen atoms in total. The Bertz CT molecular complexity index is 940. The van der Waals surface area contributed by atoms with Gasteiger partial charge in [-0.3, -0.25) is 20.9 Å². The molecule has 26 heavy (non-hydrogen) atoms. The topological polar surface area (TPSA) is 71.0 Å². The third-order valence-corrected chi connectivity index (χ3v) is 3.76. The number of aryl methyl sites for hydroxylation is 2. The Kier molecular flexibility index (Phi) is 4.83. The number of aromatic nitrogens is 2. The molecule has 3 N–H and O–H groups in total. The van der Waals surface area contributed by atoms with Gasteiger partial charge in [0.15, 0.2) is 11.6 Å². The number of anilines is 2. The van der Waals surface area contributed by atoms with E-state index in [4.69, 9.17) is 0 Å². The zero-order chi connectivity index (χ0) is 18.7. The van der Waals surface area contributed by atoms with Crippen molar-refractivity contribution in [3.05, 3.63) is 65.9 Å². The van der Waals surface area contributed by atoms with E-state index in [0.717, 1.165) is 29.0 Å². The SMILES string of the molecule is Cc1nn(C)c(NC(=O)NNc2ccc(F)c(F)c2)c1-c1ccccc1. The molecule has 1 aromatic heterocycles. The minimum absolute atomic E-state index is 0.212.